The number of aryl methyl sites for hydroxylation is 1. The first kappa shape index (κ1) is 15.1. The summed E-state index contributed by atoms with van der Waals surface area (Å²) in [6.07, 6.45) is 1.66. The fourth-order valence-electron chi connectivity index (χ4n) is 2.43. The Morgan fingerprint density at radius 3 is 2.91 bits per heavy atom. The summed E-state index contributed by atoms with van der Waals surface area (Å²) in [4.78, 5) is 13.7. The number of nitrogens with zero attached hydrogens (tertiary/aromatic N) is 3. The predicted molar refractivity (Wildman–Crippen MR) is 92.3 cm³/mol. The lowest BCUT2D eigenvalue weighted by Crippen LogP contribution is -2.26. The Labute approximate surface area is 134 Å². The molecule has 0 unspecified atom stereocenters. The van der Waals surface area contributed by atoms with E-state index in [1.807, 2.05) is 43.1 Å². The van der Waals surface area contributed by atoms with E-state index < -0.39 is 0 Å². The number of benzene rings is 1. The van der Waals surface area contributed by atoms with E-state index in [2.05, 4.69) is 20.3 Å². The Bertz CT molecular complexity index is 829. The van der Waals surface area contributed by atoms with Crippen molar-refractivity contribution in [3.05, 3.63) is 36.0 Å². The van der Waals surface area contributed by atoms with Crippen LogP contribution in [-0.2, 0) is 0 Å². The van der Waals surface area contributed by atoms with Crippen LogP contribution in [0.2, 0.25) is 0 Å². The van der Waals surface area contributed by atoms with Gasteiger partial charge in [-0.3, -0.25) is 0 Å². The number of rotatable bonds is 5. The van der Waals surface area contributed by atoms with Crippen LogP contribution in [0.1, 0.15) is 5.56 Å². The van der Waals surface area contributed by atoms with Crippen molar-refractivity contribution in [2.75, 3.05) is 30.4 Å². The van der Waals surface area contributed by atoms with Crippen LogP contribution in [0.3, 0.4) is 0 Å². The summed E-state index contributed by atoms with van der Waals surface area (Å²) in [5.74, 6) is 1.15. The van der Waals surface area contributed by atoms with Gasteiger partial charge in [0, 0.05) is 32.0 Å². The second-order valence-electron chi connectivity index (χ2n) is 5.47. The Morgan fingerprint density at radius 2 is 2.17 bits per heavy atom. The fraction of sp³-hybridized carbons (Fsp3) is 0.250. The zero-order chi connectivity index (χ0) is 16.4. The van der Waals surface area contributed by atoms with Crippen molar-refractivity contribution < 1.29 is 5.11 Å². The molecule has 0 amide bonds. The molecule has 7 nitrogen and oxygen atoms in total. The van der Waals surface area contributed by atoms with E-state index in [0.717, 1.165) is 11.3 Å². The van der Waals surface area contributed by atoms with Crippen LogP contribution in [0, 0.1) is 6.92 Å². The second kappa shape index (κ2) is 6.13. The molecule has 0 saturated heterocycles. The maximum absolute atomic E-state index is 10.0. The predicted octanol–water partition coefficient (Wildman–Crippen LogP) is 2.11. The molecule has 0 atom stereocenters. The minimum Gasteiger partial charge on any atom is -0.494 e. The van der Waals surface area contributed by atoms with Crippen molar-refractivity contribution >= 4 is 28.4 Å². The molecule has 2 heterocycles. The number of anilines is 3. The zero-order valence-electron chi connectivity index (χ0n) is 13.2. The first-order valence-corrected chi connectivity index (χ1v) is 7.41. The Balaban J connectivity index is 2.07. The monoisotopic (exact) mass is 312 g/mol. The van der Waals surface area contributed by atoms with Crippen LogP contribution >= 0.6 is 0 Å². The Hall–Kier alpha value is -2.80. The van der Waals surface area contributed by atoms with Gasteiger partial charge in [-0.2, -0.15) is 4.98 Å². The van der Waals surface area contributed by atoms with Crippen LogP contribution in [0.25, 0.3) is 10.9 Å². The van der Waals surface area contributed by atoms with E-state index >= 15 is 0 Å². The first-order chi connectivity index (χ1) is 11.1. The molecular weight excluding hydrogens is 292 g/mol. The van der Waals surface area contributed by atoms with E-state index in [9.17, 15) is 5.11 Å². The standard InChI is InChI=1S/C16H20N6O/c1-10-4-3-5-11(8-10)19-14-13-12(9-18-15(13)23)20-16(21-14)22(2)7-6-17/h3-5,8-9,18,23H,6-7,17H2,1-2H3,(H,19,20,21). The van der Waals surface area contributed by atoms with Crippen molar-refractivity contribution in [2.24, 2.45) is 5.73 Å². The number of hydrogen-bond acceptors (Lipinski definition) is 6. The Morgan fingerprint density at radius 1 is 1.35 bits per heavy atom. The molecule has 1 aromatic carbocycles. The lowest BCUT2D eigenvalue weighted by molar-refractivity contribution is 0.462. The maximum atomic E-state index is 10.0. The summed E-state index contributed by atoms with van der Waals surface area (Å²) in [6.45, 7) is 3.18. The minimum atomic E-state index is 0.0446. The average Bonchev–Trinajstić information content (AvgIpc) is 2.89. The summed E-state index contributed by atoms with van der Waals surface area (Å²) < 4.78 is 0. The third-order valence-electron chi connectivity index (χ3n) is 3.59. The van der Waals surface area contributed by atoms with E-state index in [-0.39, 0.29) is 5.88 Å². The van der Waals surface area contributed by atoms with Crippen molar-refractivity contribution in [2.45, 2.75) is 6.92 Å². The van der Waals surface area contributed by atoms with Crippen LogP contribution in [0.15, 0.2) is 30.5 Å². The molecule has 0 aliphatic rings. The third-order valence-corrected chi connectivity index (χ3v) is 3.59. The normalized spacial score (nSPS) is 10.9. The largest absolute Gasteiger partial charge is 0.494 e. The number of aromatic amines is 1. The van der Waals surface area contributed by atoms with Gasteiger partial charge in [0.1, 0.15) is 11.2 Å². The zero-order valence-corrected chi connectivity index (χ0v) is 13.2. The number of aromatic hydroxyl groups is 1. The quantitative estimate of drug-likeness (QED) is 0.575. The van der Waals surface area contributed by atoms with Gasteiger partial charge >= 0.3 is 0 Å². The average molecular weight is 312 g/mol. The van der Waals surface area contributed by atoms with Crippen molar-refractivity contribution in [1.82, 2.24) is 15.0 Å². The van der Waals surface area contributed by atoms with Gasteiger partial charge in [0.05, 0.1) is 5.52 Å². The van der Waals surface area contributed by atoms with E-state index in [1.54, 1.807) is 6.20 Å². The summed E-state index contributed by atoms with van der Waals surface area (Å²) in [5.41, 5.74) is 8.29. The van der Waals surface area contributed by atoms with E-state index in [0.29, 0.717) is 35.8 Å². The summed E-state index contributed by atoms with van der Waals surface area (Å²) in [7, 11) is 1.89. The molecule has 120 valence electrons. The highest BCUT2D eigenvalue weighted by atomic mass is 16.3. The number of aromatic nitrogens is 3. The number of hydrogen-bond donors (Lipinski definition) is 4. The molecule has 0 saturated carbocycles. The molecule has 0 bridgehead atoms. The SMILES string of the molecule is Cc1cccc(Nc2nc(N(C)CCN)nc3c[nH]c(O)c23)c1. The number of H-pyrrole nitrogens is 1. The molecule has 0 aliphatic carbocycles. The van der Waals surface area contributed by atoms with E-state index in [1.165, 1.54) is 0 Å². The lowest BCUT2D eigenvalue weighted by atomic mass is 10.2. The number of likely N-dealkylation sites (N-methyl/N-ethyl adjacent to an activating group) is 1. The van der Waals surface area contributed by atoms with Crippen molar-refractivity contribution in [3.8, 4) is 5.88 Å². The number of nitrogens with one attached hydrogen (secondary N) is 2. The highest BCUT2D eigenvalue weighted by Crippen LogP contribution is 2.32. The van der Waals surface area contributed by atoms with Gasteiger partial charge in [0.15, 0.2) is 0 Å². The fourth-order valence-corrected chi connectivity index (χ4v) is 2.43. The molecule has 2 aromatic heterocycles. The third kappa shape index (κ3) is 3.04. The molecule has 23 heavy (non-hydrogen) atoms. The molecule has 0 fully saturated rings. The van der Waals surface area contributed by atoms with Gasteiger partial charge in [0.25, 0.3) is 0 Å². The Kier molecular flexibility index (Phi) is 4.03. The molecule has 3 aromatic rings. The van der Waals surface area contributed by atoms with Crippen molar-refractivity contribution in [1.29, 1.82) is 0 Å². The van der Waals surface area contributed by atoms with Gasteiger partial charge in [-0.1, -0.05) is 12.1 Å². The molecular formula is C16H20N6O. The van der Waals surface area contributed by atoms with Gasteiger partial charge in [-0.25, -0.2) is 4.98 Å². The van der Waals surface area contributed by atoms with Crippen LogP contribution in [0.5, 0.6) is 5.88 Å². The van der Waals surface area contributed by atoms with Crippen LogP contribution in [-0.4, -0.2) is 40.2 Å². The van der Waals surface area contributed by atoms with E-state index in [4.69, 9.17) is 5.73 Å². The molecule has 0 radical (unpaired) electrons. The minimum absolute atomic E-state index is 0.0446. The summed E-state index contributed by atoms with van der Waals surface area (Å²) in [6, 6.07) is 7.96. The number of fused-ring (bicyclic) bond motifs is 1. The molecule has 0 aliphatic heterocycles. The highest BCUT2D eigenvalue weighted by molar-refractivity contribution is 5.96. The molecule has 0 spiro atoms. The summed E-state index contributed by atoms with van der Waals surface area (Å²) >= 11 is 0. The van der Waals surface area contributed by atoms with Gasteiger partial charge < -0.3 is 26.0 Å². The van der Waals surface area contributed by atoms with Gasteiger partial charge in [-0.05, 0) is 24.6 Å². The maximum Gasteiger partial charge on any atom is 0.227 e. The molecule has 5 N–H and O–H groups in total. The highest BCUT2D eigenvalue weighted by Gasteiger charge is 2.15. The molecule has 3 rings (SSSR count). The topological polar surface area (TPSA) is 103 Å². The summed E-state index contributed by atoms with van der Waals surface area (Å²) in [5, 5.41) is 13.9. The second-order valence-corrected chi connectivity index (χ2v) is 5.47. The van der Waals surface area contributed by atoms with Crippen LogP contribution in [0.4, 0.5) is 17.5 Å². The van der Waals surface area contributed by atoms with Gasteiger partial charge in [-0.15, -0.1) is 0 Å². The molecule has 7 heteroatoms. The number of nitrogens with two attached hydrogens (primary N) is 1. The lowest BCUT2D eigenvalue weighted by Gasteiger charge is -2.17. The van der Waals surface area contributed by atoms with Gasteiger partial charge in [0.2, 0.25) is 11.8 Å². The smallest absolute Gasteiger partial charge is 0.227 e. The van der Waals surface area contributed by atoms with Crippen molar-refractivity contribution in [3.63, 3.8) is 0 Å². The van der Waals surface area contributed by atoms with Crippen LogP contribution < -0.4 is 16.0 Å². The first-order valence-electron chi connectivity index (χ1n) is 7.41.